The zero-order chi connectivity index (χ0) is 5.98. The van der Waals surface area contributed by atoms with Crippen molar-refractivity contribution in [2.45, 2.75) is 13.3 Å². The summed E-state index contributed by atoms with van der Waals surface area (Å²) >= 11 is 0. The van der Waals surface area contributed by atoms with Crippen LogP contribution in [0.5, 0.6) is 0 Å². The van der Waals surface area contributed by atoms with Crippen LogP contribution < -0.4 is 0 Å². The summed E-state index contributed by atoms with van der Waals surface area (Å²) in [6.45, 7) is 4.01. The highest BCUT2D eigenvalue weighted by atomic mass is 32.2. The summed E-state index contributed by atoms with van der Waals surface area (Å²) in [5.41, 5.74) is 0. The minimum absolute atomic E-state index is 0.627. The highest BCUT2D eigenvalue weighted by molar-refractivity contribution is 7.82. The van der Waals surface area contributed by atoms with Crippen LogP contribution in [0.4, 0.5) is 0 Å². The highest BCUT2D eigenvalue weighted by Crippen LogP contribution is 2.06. The van der Waals surface area contributed by atoms with E-state index in [1.165, 1.54) is 0 Å². The van der Waals surface area contributed by atoms with Crippen LogP contribution in [0, 0.1) is 0 Å². The van der Waals surface area contributed by atoms with Gasteiger partial charge in [0.15, 0.2) is 0 Å². The molecule has 1 rings (SSSR count). The highest BCUT2D eigenvalue weighted by Gasteiger charge is 2.16. The molecular formula is C5H11NOS. The van der Waals surface area contributed by atoms with Gasteiger partial charge in [0.1, 0.15) is 0 Å². The van der Waals surface area contributed by atoms with E-state index >= 15 is 0 Å². The van der Waals surface area contributed by atoms with Crippen molar-refractivity contribution in [2.75, 3.05) is 18.8 Å². The summed E-state index contributed by atoms with van der Waals surface area (Å²) in [4.78, 5) is 0. The molecule has 1 aliphatic rings. The molecule has 0 amide bonds. The summed E-state index contributed by atoms with van der Waals surface area (Å²) in [5.74, 6) is 0.883. The Morgan fingerprint density at radius 3 is 2.75 bits per heavy atom. The van der Waals surface area contributed by atoms with Gasteiger partial charge in [0.2, 0.25) is 0 Å². The quantitative estimate of drug-likeness (QED) is 0.506. The Balaban J connectivity index is 2.42. The van der Waals surface area contributed by atoms with Crippen LogP contribution in [0.25, 0.3) is 0 Å². The lowest BCUT2D eigenvalue weighted by atomic mass is 10.5. The van der Waals surface area contributed by atoms with E-state index in [0.29, 0.717) is 0 Å². The Morgan fingerprint density at radius 2 is 2.50 bits per heavy atom. The van der Waals surface area contributed by atoms with Crippen LogP contribution >= 0.6 is 0 Å². The Labute approximate surface area is 52.5 Å². The van der Waals surface area contributed by atoms with E-state index in [-0.39, 0.29) is 0 Å². The molecule has 0 aromatic rings. The number of nitrogens with zero attached hydrogens (tertiary/aromatic N) is 1. The van der Waals surface area contributed by atoms with Gasteiger partial charge in [-0.05, 0) is 6.42 Å². The second kappa shape index (κ2) is 2.60. The van der Waals surface area contributed by atoms with Crippen LogP contribution in [0.15, 0.2) is 0 Å². The van der Waals surface area contributed by atoms with Crippen molar-refractivity contribution in [1.29, 1.82) is 0 Å². The van der Waals surface area contributed by atoms with Crippen LogP contribution in [-0.4, -0.2) is 27.4 Å². The predicted molar refractivity (Wildman–Crippen MR) is 34.9 cm³/mol. The molecule has 0 saturated carbocycles. The van der Waals surface area contributed by atoms with Crippen molar-refractivity contribution in [2.24, 2.45) is 0 Å². The molecule has 0 bridgehead atoms. The normalized spacial score (nSPS) is 31.4. The van der Waals surface area contributed by atoms with E-state index in [4.69, 9.17) is 0 Å². The molecule has 0 radical (unpaired) electrons. The minimum atomic E-state index is -0.627. The van der Waals surface area contributed by atoms with Gasteiger partial charge in [0, 0.05) is 18.8 Å². The first-order valence-electron chi connectivity index (χ1n) is 2.98. The average Bonchev–Trinajstić information content (AvgIpc) is 2.14. The third kappa shape index (κ3) is 1.09. The van der Waals surface area contributed by atoms with Crippen molar-refractivity contribution in [1.82, 2.24) is 4.31 Å². The second-order valence-corrected chi connectivity index (χ2v) is 3.47. The van der Waals surface area contributed by atoms with Gasteiger partial charge in [-0.15, -0.1) is 0 Å². The smallest absolute Gasteiger partial charge is 0.0942 e. The third-order valence-electron chi connectivity index (χ3n) is 1.37. The fourth-order valence-electron chi connectivity index (χ4n) is 0.897. The monoisotopic (exact) mass is 133 g/mol. The zero-order valence-electron chi connectivity index (χ0n) is 5.09. The lowest BCUT2D eigenvalue weighted by Gasteiger charge is -2.07. The third-order valence-corrected chi connectivity index (χ3v) is 3.02. The standard InChI is InChI=1S/C5H11NOS/c1-2-6-4-3-5-8(6)7/h2-5H2,1H3. The van der Waals surface area contributed by atoms with Gasteiger partial charge >= 0.3 is 0 Å². The summed E-state index contributed by atoms with van der Waals surface area (Å²) in [6, 6.07) is 0. The molecule has 3 heteroatoms. The lowest BCUT2D eigenvalue weighted by Crippen LogP contribution is -2.19. The largest absolute Gasteiger partial charge is 0.243 e. The molecule has 1 unspecified atom stereocenters. The second-order valence-electron chi connectivity index (χ2n) is 1.90. The number of hydrogen-bond acceptors (Lipinski definition) is 1. The Hall–Kier alpha value is 0.110. The van der Waals surface area contributed by atoms with Crippen LogP contribution in [0.2, 0.25) is 0 Å². The zero-order valence-corrected chi connectivity index (χ0v) is 5.91. The fraction of sp³-hybridized carbons (Fsp3) is 1.00. The molecule has 1 heterocycles. The van der Waals surface area contributed by atoms with E-state index in [2.05, 4.69) is 0 Å². The Kier molecular flexibility index (Phi) is 2.02. The van der Waals surface area contributed by atoms with Crippen molar-refractivity contribution >= 4 is 11.0 Å². The van der Waals surface area contributed by atoms with Gasteiger partial charge in [0.25, 0.3) is 0 Å². The van der Waals surface area contributed by atoms with Crippen molar-refractivity contribution in [3.05, 3.63) is 0 Å². The SMILES string of the molecule is CCN1CCCS1=O. The summed E-state index contributed by atoms with van der Waals surface area (Å²) in [6.07, 6.45) is 1.11. The van der Waals surface area contributed by atoms with Crippen molar-refractivity contribution in [3.8, 4) is 0 Å². The topological polar surface area (TPSA) is 20.3 Å². The molecule has 2 nitrogen and oxygen atoms in total. The molecular weight excluding hydrogens is 122 g/mol. The van der Waals surface area contributed by atoms with E-state index in [9.17, 15) is 4.21 Å². The Bertz CT molecular complexity index is 105. The van der Waals surface area contributed by atoms with Crippen LogP contribution in [-0.2, 0) is 11.0 Å². The number of hydrogen-bond donors (Lipinski definition) is 0. The molecule has 0 N–H and O–H groups in total. The fourth-order valence-corrected chi connectivity index (χ4v) is 2.15. The predicted octanol–water partition coefficient (Wildman–Crippen LogP) is 0.376. The van der Waals surface area contributed by atoms with Gasteiger partial charge < -0.3 is 0 Å². The lowest BCUT2D eigenvalue weighted by molar-refractivity contribution is 0.499. The molecule has 0 aromatic heterocycles. The molecule has 0 aromatic carbocycles. The van der Waals surface area contributed by atoms with E-state index in [1.54, 1.807) is 0 Å². The van der Waals surface area contributed by atoms with Gasteiger partial charge in [-0.25, -0.2) is 8.51 Å². The molecule has 1 saturated heterocycles. The van der Waals surface area contributed by atoms with Crippen molar-refractivity contribution in [3.63, 3.8) is 0 Å². The first-order chi connectivity index (χ1) is 3.84. The molecule has 1 fully saturated rings. The maximum atomic E-state index is 10.8. The molecule has 0 aliphatic carbocycles. The van der Waals surface area contributed by atoms with E-state index in [0.717, 1.165) is 25.3 Å². The summed E-state index contributed by atoms with van der Waals surface area (Å²) in [7, 11) is -0.627. The first kappa shape index (κ1) is 6.23. The van der Waals surface area contributed by atoms with Gasteiger partial charge in [-0.3, -0.25) is 0 Å². The first-order valence-corrected chi connectivity index (χ1v) is 4.25. The van der Waals surface area contributed by atoms with Gasteiger partial charge in [0.05, 0.1) is 11.0 Å². The van der Waals surface area contributed by atoms with Crippen LogP contribution in [0.3, 0.4) is 0 Å². The molecule has 8 heavy (non-hydrogen) atoms. The molecule has 0 spiro atoms. The van der Waals surface area contributed by atoms with E-state index in [1.807, 2.05) is 11.2 Å². The maximum absolute atomic E-state index is 10.8. The van der Waals surface area contributed by atoms with E-state index < -0.39 is 11.0 Å². The molecule has 1 atom stereocenters. The Morgan fingerprint density at radius 1 is 1.75 bits per heavy atom. The van der Waals surface area contributed by atoms with Gasteiger partial charge in [-0.2, -0.15) is 0 Å². The molecule has 48 valence electrons. The van der Waals surface area contributed by atoms with Crippen molar-refractivity contribution < 1.29 is 4.21 Å². The molecule has 1 aliphatic heterocycles. The summed E-state index contributed by atoms with van der Waals surface area (Å²) in [5, 5.41) is 0. The maximum Gasteiger partial charge on any atom is 0.0942 e. The average molecular weight is 133 g/mol. The minimum Gasteiger partial charge on any atom is -0.243 e. The summed E-state index contributed by atoms with van der Waals surface area (Å²) < 4.78 is 12.8. The van der Waals surface area contributed by atoms with Gasteiger partial charge in [-0.1, -0.05) is 6.92 Å². The van der Waals surface area contributed by atoms with Crippen LogP contribution in [0.1, 0.15) is 13.3 Å². The number of rotatable bonds is 1.